The summed E-state index contributed by atoms with van der Waals surface area (Å²) in [7, 11) is -4.91. The summed E-state index contributed by atoms with van der Waals surface area (Å²) in [5.41, 5.74) is 3.86. The molecule has 0 spiro atoms. The Kier molecular flexibility index (Phi) is 13.4. The third-order valence-corrected chi connectivity index (χ3v) is 5.16. The van der Waals surface area contributed by atoms with Gasteiger partial charge in [0.15, 0.2) is 0 Å². The van der Waals surface area contributed by atoms with Gasteiger partial charge in [-0.3, -0.25) is 9.36 Å². The predicted molar refractivity (Wildman–Crippen MR) is 127 cm³/mol. The lowest BCUT2D eigenvalue weighted by Crippen LogP contribution is -2.24. The summed E-state index contributed by atoms with van der Waals surface area (Å²) < 4.78 is 19.3. The first-order chi connectivity index (χ1) is 15.7. The van der Waals surface area contributed by atoms with Gasteiger partial charge in [-0.25, -0.2) is 0 Å². The highest BCUT2D eigenvalue weighted by atomic mass is 31.2. The molecule has 2 rings (SSSR count). The number of hydrogen-bond acceptors (Lipinski definition) is 8. The largest absolute Gasteiger partial charge is 0.756 e. The average molecular weight is 496 g/mol. The van der Waals surface area contributed by atoms with Crippen molar-refractivity contribution in [3.8, 4) is 0 Å². The Morgan fingerprint density at radius 3 is 1.94 bits per heavy atom. The molecule has 0 saturated carbocycles. The second-order valence-corrected chi connectivity index (χ2v) is 8.79. The van der Waals surface area contributed by atoms with Gasteiger partial charge >= 0.3 is 5.97 Å². The third kappa shape index (κ3) is 12.7. The van der Waals surface area contributed by atoms with Crippen LogP contribution in [0, 0.1) is 0 Å². The van der Waals surface area contributed by atoms with Crippen LogP contribution in [0.3, 0.4) is 0 Å². The van der Waals surface area contributed by atoms with E-state index in [4.69, 9.17) is 9.63 Å². The number of carbonyl (C=O) groups is 1. The zero-order valence-corrected chi connectivity index (χ0v) is 20.5. The molecule has 1 unspecified atom stereocenters. The Bertz CT molecular complexity index is 931. The van der Waals surface area contributed by atoms with Gasteiger partial charge in [0, 0.05) is 6.42 Å². The minimum absolute atomic E-state index is 0. The average Bonchev–Trinajstić information content (AvgIpc) is 2.79. The summed E-state index contributed by atoms with van der Waals surface area (Å²) >= 11 is 0. The number of hydrogen-bond donors (Lipinski definition) is 3. The van der Waals surface area contributed by atoms with E-state index >= 15 is 0 Å². The number of aliphatic hydroxyl groups is 1. The van der Waals surface area contributed by atoms with E-state index in [1.54, 1.807) is 0 Å². The molecule has 2 aromatic rings. The Morgan fingerprint density at radius 1 is 0.971 bits per heavy atom. The van der Waals surface area contributed by atoms with Gasteiger partial charge in [0.25, 0.3) is 7.82 Å². The van der Waals surface area contributed by atoms with Crippen molar-refractivity contribution < 1.29 is 33.5 Å². The van der Waals surface area contributed by atoms with Crippen molar-refractivity contribution >= 4 is 25.2 Å². The highest BCUT2D eigenvalue weighted by molar-refractivity contribution is 7.44. The van der Waals surface area contributed by atoms with E-state index in [-0.39, 0.29) is 12.6 Å². The van der Waals surface area contributed by atoms with Crippen molar-refractivity contribution in [1.82, 2.24) is 6.15 Å². The van der Waals surface area contributed by atoms with Crippen LogP contribution in [0.5, 0.6) is 0 Å². The number of ether oxygens (including phenoxy) is 1. The molecule has 0 aliphatic heterocycles. The summed E-state index contributed by atoms with van der Waals surface area (Å²) in [6.45, 7) is 1.08. The fourth-order valence-corrected chi connectivity index (χ4v) is 3.24. The van der Waals surface area contributed by atoms with Crippen LogP contribution >= 0.6 is 7.82 Å². The van der Waals surface area contributed by atoms with E-state index in [0.717, 1.165) is 23.4 Å². The monoisotopic (exact) mass is 495 g/mol. The molecule has 2 aromatic carbocycles. The summed E-state index contributed by atoms with van der Waals surface area (Å²) in [5, 5.41) is 18.0. The number of aryl methyl sites for hydroxylation is 2. The Morgan fingerprint density at radius 2 is 1.47 bits per heavy atom. The number of aliphatic hydroxyl groups excluding tert-OH is 1. The lowest BCUT2D eigenvalue weighted by Gasteiger charge is -2.18. The fourth-order valence-electron chi connectivity index (χ4n) is 2.88. The van der Waals surface area contributed by atoms with Crippen LogP contribution in [0.15, 0.2) is 58.8 Å². The van der Waals surface area contributed by atoms with Crippen molar-refractivity contribution in [2.24, 2.45) is 10.2 Å². The molecule has 6 N–H and O–H groups in total. The maximum atomic E-state index is 11.7. The van der Waals surface area contributed by atoms with Crippen molar-refractivity contribution in [2.75, 3.05) is 13.2 Å². The first-order valence-electron chi connectivity index (χ1n) is 10.9. The number of phosphoric ester groups is 1. The van der Waals surface area contributed by atoms with Crippen LogP contribution in [0.2, 0.25) is 0 Å². The number of benzene rings is 2. The van der Waals surface area contributed by atoms with Crippen molar-refractivity contribution in [2.45, 2.75) is 51.6 Å². The number of nitrogens with zero attached hydrogens (tertiary/aromatic N) is 2. The van der Waals surface area contributed by atoms with Crippen LogP contribution in [0.1, 0.15) is 43.7 Å². The molecule has 0 aliphatic carbocycles. The smallest absolute Gasteiger partial charge is 0.305 e. The lowest BCUT2D eigenvalue weighted by atomic mass is 10.1. The molecule has 0 aliphatic rings. The summed E-state index contributed by atoms with van der Waals surface area (Å²) in [6.07, 6.45) is 3.41. The van der Waals surface area contributed by atoms with E-state index in [1.807, 2.05) is 36.4 Å². The molecule has 2 atom stereocenters. The molecule has 0 saturated heterocycles. The molecule has 188 valence electrons. The Labute approximate surface area is 199 Å². The molecule has 0 aromatic heterocycles. The van der Waals surface area contributed by atoms with Crippen LogP contribution in [0.25, 0.3) is 0 Å². The standard InChI is InChI=1S/C23H31N2O7P.H3N/c1-2-3-5-18-8-12-20(13-9-18)24-25-21-14-10-19(11-15-21)6-4-7-23(27)31-16-22(26)17-32-33(28,29)30;/h8-15,22,26H,2-7,16-17H2,1H3,(H2,28,29,30);1H3/t22-;/m1./s1. The molecule has 10 nitrogen and oxygen atoms in total. The lowest BCUT2D eigenvalue weighted by molar-refractivity contribution is -0.222. The maximum Gasteiger partial charge on any atom is 0.305 e. The number of quaternary nitrogens is 1. The van der Waals surface area contributed by atoms with E-state index in [9.17, 15) is 19.4 Å². The second kappa shape index (κ2) is 15.4. The molecule has 0 fully saturated rings. The molecular formula is C23H34N3O7P. The van der Waals surface area contributed by atoms with Crippen LogP contribution in [-0.2, 0) is 31.5 Å². The van der Waals surface area contributed by atoms with Gasteiger partial charge in [0.2, 0.25) is 0 Å². The fraction of sp³-hybridized carbons (Fsp3) is 0.435. The number of unbranched alkanes of at least 4 members (excludes halogenated alkanes) is 1. The minimum Gasteiger partial charge on any atom is -0.756 e. The molecule has 34 heavy (non-hydrogen) atoms. The molecule has 0 radical (unpaired) electrons. The summed E-state index contributed by atoms with van der Waals surface area (Å²) in [4.78, 5) is 30.6. The van der Waals surface area contributed by atoms with Crippen molar-refractivity contribution in [1.29, 1.82) is 0 Å². The van der Waals surface area contributed by atoms with Crippen LogP contribution in [0.4, 0.5) is 11.4 Å². The van der Waals surface area contributed by atoms with Gasteiger partial charge in [-0.15, -0.1) is 0 Å². The topological polar surface area (TPSA) is 177 Å². The molecule has 0 bridgehead atoms. The quantitative estimate of drug-likeness (QED) is 0.196. The van der Waals surface area contributed by atoms with E-state index in [0.29, 0.717) is 12.8 Å². The number of phosphoric acid groups is 1. The van der Waals surface area contributed by atoms with E-state index in [2.05, 4.69) is 33.8 Å². The zero-order chi connectivity index (χ0) is 24.1. The predicted octanol–water partition coefficient (Wildman–Crippen LogP) is 4.52. The van der Waals surface area contributed by atoms with Gasteiger partial charge in [0.05, 0.1) is 18.0 Å². The maximum absolute atomic E-state index is 11.7. The van der Waals surface area contributed by atoms with Gasteiger partial charge in [-0.1, -0.05) is 37.6 Å². The van der Waals surface area contributed by atoms with Crippen LogP contribution < -0.4 is 11.0 Å². The van der Waals surface area contributed by atoms with Gasteiger partial charge in [-0.05, 0) is 61.1 Å². The number of esters is 1. The second-order valence-electron chi connectivity index (χ2n) is 7.59. The Balaban J connectivity index is 0.00000578. The van der Waals surface area contributed by atoms with Gasteiger partial charge in [0.1, 0.15) is 12.7 Å². The first-order valence-corrected chi connectivity index (χ1v) is 12.4. The van der Waals surface area contributed by atoms with E-state index < -0.39 is 33.1 Å². The normalized spacial score (nSPS) is 13.8. The Hall–Kier alpha value is -2.46. The van der Waals surface area contributed by atoms with E-state index in [1.165, 1.54) is 18.4 Å². The summed E-state index contributed by atoms with van der Waals surface area (Å²) in [6, 6.07) is 15.6. The SMILES string of the molecule is CCCCc1ccc(N=Nc2ccc(CCCC(=O)OC[C@@H](O)COP(=O)([O-])O)cc2)cc1.[NH4+]. The van der Waals surface area contributed by atoms with Crippen molar-refractivity contribution in [3.05, 3.63) is 59.7 Å². The number of azo groups is 1. The van der Waals surface area contributed by atoms with Crippen LogP contribution in [-0.4, -0.2) is 35.3 Å². The molecule has 0 amide bonds. The number of carbonyl (C=O) groups excluding carboxylic acids is 1. The van der Waals surface area contributed by atoms with Gasteiger partial charge < -0.3 is 30.3 Å². The highest BCUT2D eigenvalue weighted by Gasteiger charge is 2.12. The van der Waals surface area contributed by atoms with Crippen molar-refractivity contribution in [3.63, 3.8) is 0 Å². The number of rotatable bonds is 14. The summed E-state index contributed by atoms with van der Waals surface area (Å²) in [5.74, 6) is -0.519. The minimum atomic E-state index is -4.91. The molecule has 11 heteroatoms. The zero-order valence-electron chi connectivity index (χ0n) is 19.6. The highest BCUT2D eigenvalue weighted by Crippen LogP contribution is 2.30. The molecular weight excluding hydrogens is 461 g/mol. The molecule has 0 heterocycles. The van der Waals surface area contributed by atoms with Gasteiger partial charge in [-0.2, -0.15) is 10.2 Å². The third-order valence-electron chi connectivity index (χ3n) is 4.69. The first kappa shape index (κ1) is 29.6.